The number of carbonyl (C=O) groups excluding carboxylic acids is 2. The summed E-state index contributed by atoms with van der Waals surface area (Å²) >= 11 is 0. The molecule has 1 amide bonds. The molecule has 0 fully saturated rings. The van der Waals surface area contributed by atoms with Gasteiger partial charge in [0, 0.05) is 19.0 Å². The lowest BCUT2D eigenvalue weighted by Crippen LogP contribution is -2.27. The molecule has 0 saturated heterocycles. The second-order valence-corrected chi connectivity index (χ2v) is 8.03. The second kappa shape index (κ2) is 9.58. The van der Waals surface area contributed by atoms with Crippen molar-refractivity contribution >= 4 is 11.7 Å². The van der Waals surface area contributed by atoms with Gasteiger partial charge in [-0.3, -0.25) is 9.59 Å². The molecule has 1 aromatic carbocycles. The topological polar surface area (TPSA) is 64.6 Å². The van der Waals surface area contributed by atoms with E-state index in [0.29, 0.717) is 31.2 Å². The molecular formula is C23H31NO4. The monoisotopic (exact) mass is 385 g/mol. The minimum atomic E-state index is -0.782. The van der Waals surface area contributed by atoms with Crippen molar-refractivity contribution in [3.8, 4) is 5.75 Å². The molecule has 0 unspecified atom stereocenters. The van der Waals surface area contributed by atoms with E-state index >= 15 is 0 Å². The maximum atomic E-state index is 11.8. The number of benzene rings is 1. The molecule has 0 atom stereocenters. The molecule has 0 aromatic heterocycles. The number of ether oxygens (including phenoxy) is 2. The van der Waals surface area contributed by atoms with E-state index in [9.17, 15) is 9.59 Å². The van der Waals surface area contributed by atoms with Crippen molar-refractivity contribution in [3.05, 3.63) is 53.3 Å². The zero-order chi connectivity index (χ0) is 20.7. The van der Waals surface area contributed by atoms with Gasteiger partial charge in [0.25, 0.3) is 0 Å². The third kappa shape index (κ3) is 6.55. The van der Waals surface area contributed by atoms with Gasteiger partial charge in [-0.2, -0.15) is 0 Å². The van der Waals surface area contributed by atoms with Crippen LogP contribution in [0.4, 0.5) is 0 Å². The first-order chi connectivity index (χ1) is 13.2. The van der Waals surface area contributed by atoms with Crippen LogP contribution in [-0.2, 0) is 20.7 Å². The van der Waals surface area contributed by atoms with Crippen LogP contribution in [-0.4, -0.2) is 30.4 Å². The zero-order valence-electron chi connectivity index (χ0n) is 17.5. The Kier molecular flexibility index (Phi) is 7.44. The highest BCUT2D eigenvalue weighted by molar-refractivity contribution is 5.99. The highest BCUT2D eigenvalue weighted by Crippen LogP contribution is 2.28. The predicted molar refractivity (Wildman–Crippen MR) is 110 cm³/mol. The van der Waals surface area contributed by atoms with Crippen LogP contribution in [0.2, 0.25) is 0 Å². The second-order valence-electron chi connectivity index (χ2n) is 8.03. The number of allylic oxidation sites excluding steroid dienone is 1. The first kappa shape index (κ1) is 21.7. The lowest BCUT2D eigenvalue weighted by molar-refractivity contribution is -0.126. The fourth-order valence-electron chi connectivity index (χ4n) is 2.75. The Morgan fingerprint density at radius 1 is 1.25 bits per heavy atom. The number of hydrogen-bond donors (Lipinski definition) is 1. The van der Waals surface area contributed by atoms with Gasteiger partial charge < -0.3 is 14.8 Å². The molecule has 0 bridgehead atoms. The van der Waals surface area contributed by atoms with E-state index in [1.165, 1.54) is 0 Å². The van der Waals surface area contributed by atoms with Gasteiger partial charge in [-0.1, -0.05) is 26.0 Å². The Balaban J connectivity index is 1.76. The number of amides is 1. The van der Waals surface area contributed by atoms with Gasteiger partial charge in [0.1, 0.15) is 18.1 Å². The van der Waals surface area contributed by atoms with E-state index in [1.807, 2.05) is 51.1 Å². The van der Waals surface area contributed by atoms with Crippen LogP contribution in [0.15, 0.2) is 47.7 Å². The van der Waals surface area contributed by atoms with Crippen LogP contribution in [0, 0.1) is 5.92 Å². The van der Waals surface area contributed by atoms with E-state index in [2.05, 4.69) is 5.32 Å². The van der Waals surface area contributed by atoms with Crippen molar-refractivity contribution in [3.63, 3.8) is 0 Å². The van der Waals surface area contributed by atoms with E-state index in [0.717, 1.165) is 23.3 Å². The summed E-state index contributed by atoms with van der Waals surface area (Å²) in [4.78, 5) is 23.5. The van der Waals surface area contributed by atoms with Crippen molar-refractivity contribution in [2.75, 3.05) is 13.2 Å². The molecule has 1 heterocycles. The molecule has 0 radical (unpaired) electrons. The molecule has 1 N–H and O–H groups in total. The molecule has 0 aliphatic carbocycles. The number of hydrogen-bond acceptors (Lipinski definition) is 4. The first-order valence-corrected chi connectivity index (χ1v) is 9.78. The van der Waals surface area contributed by atoms with Crippen molar-refractivity contribution in [2.24, 2.45) is 5.92 Å². The van der Waals surface area contributed by atoms with E-state index in [4.69, 9.17) is 9.47 Å². The molecule has 1 aliphatic heterocycles. The molecule has 0 saturated carbocycles. The molecule has 1 aromatic rings. The Labute approximate surface area is 167 Å². The average Bonchev–Trinajstić information content (AvgIpc) is 2.89. The molecule has 0 spiro atoms. The van der Waals surface area contributed by atoms with Crippen molar-refractivity contribution in [1.82, 2.24) is 5.32 Å². The SMILES string of the molecule is CC(=CCOc1ccc(CCNC(=O)CC(C)C)cc1)C1=CC(=O)C(C)(C)O1. The zero-order valence-corrected chi connectivity index (χ0v) is 17.5. The maximum absolute atomic E-state index is 11.8. The fourth-order valence-corrected chi connectivity index (χ4v) is 2.75. The quantitative estimate of drug-likeness (QED) is 0.698. The molecular weight excluding hydrogens is 354 g/mol. The molecule has 2 rings (SSSR count). The van der Waals surface area contributed by atoms with Crippen molar-refractivity contribution < 1.29 is 19.1 Å². The maximum Gasteiger partial charge on any atom is 0.220 e. The predicted octanol–water partition coefficient (Wildman–Crippen LogP) is 3.98. The van der Waals surface area contributed by atoms with Crippen LogP contribution >= 0.6 is 0 Å². The van der Waals surface area contributed by atoms with Gasteiger partial charge in [0.15, 0.2) is 5.60 Å². The molecule has 152 valence electrons. The highest BCUT2D eigenvalue weighted by Gasteiger charge is 2.35. The molecule has 5 heteroatoms. The Hall–Kier alpha value is -2.56. The molecule has 5 nitrogen and oxygen atoms in total. The third-order valence-corrected chi connectivity index (χ3v) is 4.50. The average molecular weight is 386 g/mol. The van der Waals surface area contributed by atoms with Crippen LogP contribution in [0.1, 0.15) is 46.6 Å². The van der Waals surface area contributed by atoms with Crippen LogP contribution in [0.3, 0.4) is 0 Å². The summed E-state index contributed by atoms with van der Waals surface area (Å²) in [6.07, 6.45) is 4.80. The third-order valence-electron chi connectivity index (χ3n) is 4.50. The van der Waals surface area contributed by atoms with Gasteiger partial charge >= 0.3 is 0 Å². The van der Waals surface area contributed by atoms with Gasteiger partial charge in [-0.05, 0) is 62.5 Å². The smallest absolute Gasteiger partial charge is 0.220 e. The highest BCUT2D eigenvalue weighted by atomic mass is 16.5. The number of nitrogens with one attached hydrogen (secondary N) is 1. The number of carbonyl (C=O) groups is 2. The summed E-state index contributed by atoms with van der Waals surface area (Å²) < 4.78 is 11.4. The Morgan fingerprint density at radius 2 is 1.93 bits per heavy atom. The van der Waals surface area contributed by atoms with Gasteiger partial charge in [-0.15, -0.1) is 0 Å². The lowest BCUT2D eigenvalue weighted by atomic mass is 10.1. The minimum Gasteiger partial charge on any atom is -0.490 e. The van der Waals surface area contributed by atoms with Gasteiger partial charge in [-0.25, -0.2) is 0 Å². The van der Waals surface area contributed by atoms with Gasteiger partial charge in [0.2, 0.25) is 11.7 Å². The largest absolute Gasteiger partial charge is 0.490 e. The van der Waals surface area contributed by atoms with Gasteiger partial charge in [0.05, 0.1) is 0 Å². The summed E-state index contributed by atoms with van der Waals surface area (Å²) in [7, 11) is 0. The van der Waals surface area contributed by atoms with Crippen LogP contribution in [0.5, 0.6) is 5.75 Å². The Bertz CT molecular complexity index is 757. The summed E-state index contributed by atoms with van der Waals surface area (Å²) in [5.74, 6) is 1.83. The normalized spacial score (nSPS) is 16.0. The number of ketones is 1. The van der Waals surface area contributed by atoms with E-state index in [-0.39, 0.29) is 11.7 Å². The summed E-state index contributed by atoms with van der Waals surface area (Å²) in [6, 6.07) is 7.85. The van der Waals surface area contributed by atoms with Crippen molar-refractivity contribution in [2.45, 2.75) is 53.1 Å². The van der Waals surface area contributed by atoms with E-state index in [1.54, 1.807) is 19.9 Å². The summed E-state index contributed by atoms with van der Waals surface area (Å²) in [6.45, 7) is 10.5. The van der Waals surface area contributed by atoms with E-state index < -0.39 is 5.60 Å². The standard InChI is InChI=1S/C23H31NO4/c1-16(2)14-22(26)24-12-10-18-6-8-19(9-7-18)27-13-11-17(3)20-15-21(25)23(4,5)28-20/h6-9,11,15-16H,10,12-14H2,1-5H3,(H,24,26). The fraction of sp³-hybridized carbons (Fsp3) is 0.478. The summed E-state index contributed by atoms with van der Waals surface area (Å²) in [5, 5.41) is 2.94. The van der Waals surface area contributed by atoms with Crippen LogP contribution < -0.4 is 10.1 Å². The molecule has 28 heavy (non-hydrogen) atoms. The number of rotatable bonds is 9. The minimum absolute atomic E-state index is 0.0212. The van der Waals surface area contributed by atoms with Crippen molar-refractivity contribution in [1.29, 1.82) is 0 Å². The Morgan fingerprint density at radius 3 is 2.50 bits per heavy atom. The van der Waals surface area contributed by atoms with Crippen LogP contribution in [0.25, 0.3) is 0 Å². The lowest BCUT2D eigenvalue weighted by Gasteiger charge is -2.18. The first-order valence-electron chi connectivity index (χ1n) is 9.78. The molecule has 1 aliphatic rings. The summed E-state index contributed by atoms with van der Waals surface area (Å²) in [5.41, 5.74) is 1.25.